The highest BCUT2D eigenvalue weighted by Gasteiger charge is 2.15. The number of hydrogen-bond acceptors (Lipinski definition) is 4. The smallest absolute Gasteiger partial charge is 0.0834 e. The number of hydrogen-bond donors (Lipinski definition) is 1. The van der Waals surface area contributed by atoms with Crippen molar-refractivity contribution in [1.82, 2.24) is 0 Å². The van der Waals surface area contributed by atoms with Crippen LogP contribution in [0.3, 0.4) is 0 Å². The first-order chi connectivity index (χ1) is 6.95. The van der Waals surface area contributed by atoms with Gasteiger partial charge < -0.3 is 10.2 Å². The first-order valence-electron chi connectivity index (χ1n) is 5.19. The maximum absolute atomic E-state index is 5.21. The normalized spacial score (nSPS) is 11.0. The van der Waals surface area contributed by atoms with Crippen LogP contribution in [0, 0.1) is 14.9 Å². The highest BCUT2D eigenvalue weighted by atomic mass is 32.1. The lowest BCUT2D eigenvalue weighted by atomic mass is 10.1. The molecule has 84 valence electrons. The molecule has 0 aromatic heterocycles. The van der Waals surface area contributed by atoms with E-state index in [2.05, 4.69) is 19.2 Å². The van der Waals surface area contributed by atoms with Crippen LogP contribution in [0.4, 0.5) is 11.4 Å². The van der Waals surface area contributed by atoms with Gasteiger partial charge in [-0.2, -0.15) is 0 Å². The van der Waals surface area contributed by atoms with Crippen molar-refractivity contribution in [2.45, 2.75) is 20.3 Å². The van der Waals surface area contributed by atoms with E-state index < -0.39 is 0 Å². The van der Waals surface area contributed by atoms with Crippen LogP contribution in [0.1, 0.15) is 20.3 Å². The first kappa shape index (κ1) is 12.6. The van der Waals surface area contributed by atoms with E-state index >= 15 is 0 Å². The van der Waals surface area contributed by atoms with Gasteiger partial charge >= 0.3 is 0 Å². The van der Waals surface area contributed by atoms with E-state index in [4.69, 9.17) is 24.4 Å². The van der Waals surface area contributed by atoms with Crippen LogP contribution >= 0.6 is 24.4 Å². The molecule has 1 N–H and O–H groups in total. The van der Waals surface area contributed by atoms with Gasteiger partial charge in [0, 0.05) is 20.6 Å². The molecule has 0 saturated carbocycles. The summed E-state index contributed by atoms with van der Waals surface area (Å²) in [5.41, 5.74) is 2.14. The standard InChI is InChI=1S/C11H18N2S2/c1-7(2)5-6-12-8-9(13(3)4)11(15)10(8)14/h7,12H,5-6H2,1-4H3. The molecule has 0 aliphatic carbocycles. The SMILES string of the molecule is CC(C)CCNc1c(N(C)C)c(=S)c1=S. The third-order valence-corrected chi connectivity index (χ3v) is 3.29. The Balaban J connectivity index is 2.66. The van der Waals surface area contributed by atoms with Crippen molar-refractivity contribution < 1.29 is 0 Å². The molecule has 1 rings (SSSR count). The Bertz CT molecular complexity index is 401. The number of nitrogens with one attached hydrogen (secondary N) is 1. The summed E-state index contributed by atoms with van der Waals surface area (Å²) in [4.78, 5) is 2.02. The molecule has 0 aliphatic rings. The van der Waals surface area contributed by atoms with E-state index in [1.807, 2.05) is 19.0 Å². The molecule has 0 radical (unpaired) electrons. The van der Waals surface area contributed by atoms with Crippen molar-refractivity contribution >= 4 is 35.8 Å². The number of anilines is 2. The maximum atomic E-state index is 5.21. The third-order valence-electron chi connectivity index (χ3n) is 2.36. The van der Waals surface area contributed by atoms with E-state index in [1.54, 1.807) is 0 Å². The van der Waals surface area contributed by atoms with Gasteiger partial charge in [-0.25, -0.2) is 0 Å². The Morgan fingerprint density at radius 2 is 1.80 bits per heavy atom. The van der Waals surface area contributed by atoms with E-state index in [0.717, 1.165) is 33.4 Å². The van der Waals surface area contributed by atoms with Gasteiger partial charge in [0.25, 0.3) is 0 Å². The van der Waals surface area contributed by atoms with Gasteiger partial charge in [0.05, 0.1) is 20.4 Å². The van der Waals surface area contributed by atoms with E-state index in [9.17, 15) is 0 Å². The van der Waals surface area contributed by atoms with Crippen molar-refractivity contribution in [3.8, 4) is 0 Å². The minimum atomic E-state index is 0.710. The van der Waals surface area contributed by atoms with Crippen molar-refractivity contribution in [3.05, 3.63) is 9.02 Å². The van der Waals surface area contributed by atoms with Crippen LogP contribution in [0.5, 0.6) is 0 Å². The Morgan fingerprint density at radius 3 is 2.27 bits per heavy atom. The maximum Gasteiger partial charge on any atom is 0.0834 e. The highest BCUT2D eigenvalue weighted by molar-refractivity contribution is 7.74. The van der Waals surface area contributed by atoms with Crippen LogP contribution in [-0.4, -0.2) is 20.6 Å². The van der Waals surface area contributed by atoms with Gasteiger partial charge in [0.15, 0.2) is 0 Å². The predicted octanol–water partition coefficient (Wildman–Crippen LogP) is 3.55. The molecule has 0 spiro atoms. The van der Waals surface area contributed by atoms with Crippen LogP contribution in [0.25, 0.3) is 0 Å². The van der Waals surface area contributed by atoms with Crippen LogP contribution in [-0.2, 0) is 0 Å². The largest absolute Gasteiger partial charge is 0.382 e. The lowest BCUT2D eigenvalue weighted by Gasteiger charge is -2.22. The predicted molar refractivity (Wildman–Crippen MR) is 72.8 cm³/mol. The fourth-order valence-electron chi connectivity index (χ4n) is 1.46. The lowest BCUT2D eigenvalue weighted by molar-refractivity contribution is 0.607. The van der Waals surface area contributed by atoms with Gasteiger partial charge in [-0.1, -0.05) is 38.3 Å². The van der Waals surface area contributed by atoms with E-state index in [0.29, 0.717) is 5.92 Å². The van der Waals surface area contributed by atoms with E-state index in [-0.39, 0.29) is 0 Å². The van der Waals surface area contributed by atoms with Crippen molar-refractivity contribution in [3.63, 3.8) is 0 Å². The fraction of sp³-hybridized carbons (Fsp3) is 0.636. The zero-order valence-corrected chi connectivity index (χ0v) is 11.4. The van der Waals surface area contributed by atoms with Gasteiger partial charge in [-0.15, -0.1) is 0 Å². The highest BCUT2D eigenvalue weighted by Crippen LogP contribution is 2.34. The Kier molecular flexibility index (Phi) is 4.22. The average Bonchev–Trinajstić information content (AvgIpc) is 2.14. The molecule has 2 nitrogen and oxygen atoms in total. The second kappa shape index (κ2) is 5.03. The molecule has 0 saturated heterocycles. The molecule has 0 aliphatic heterocycles. The van der Waals surface area contributed by atoms with Crippen LogP contribution in [0.2, 0.25) is 0 Å². The summed E-state index contributed by atoms with van der Waals surface area (Å²) in [7, 11) is 3.99. The quantitative estimate of drug-likeness (QED) is 0.794. The number of rotatable bonds is 5. The summed E-state index contributed by atoms with van der Waals surface area (Å²) in [5, 5.41) is 3.37. The topological polar surface area (TPSA) is 15.3 Å². The molecule has 0 unspecified atom stereocenters. The third kappa shape index (κ3) is 2.75. The molecule has 1 aromatic carbocycles. The minimum Gasteiger partial charge on any atom is -0.382 e. The second-order valence-corrected chi connectivity index (χ2v) is 5.20. The Morgan fingerprint density at radius 1 is 1.20 bits per heavy atom. The zero-order valence-electron chi connectivity index (χ0n) is 9.76. The zero-order chi connectivity index (χ0) is 11.6. The van der Waals surface area contributed by atoms with Crippen molar-refractivity contribution in [2.75, 3.05) is 30.9 Å². The van der Waals surface area contributed by atoms with Gasteiger partial charge in [-0.3, -0.25) is 0 Å². The summed E-state index contributed by atoms with van der Waals surface area (Å²) < 4.78 is 1.64. The Hall–Kier alpha value is -0.480. The van der Waals surface area contributed by atoms with E-state index in [1.165, 1.54) is 0 Å². The molecule has 0 heterocycles. The summed E-state index contributed by atoms with van der Waals surface area (Å²) in [5.74, 6) is 0.710. The van der Waals surface area contributed by atoms with Crippen LogP contribution in [0.15, 0.2) is 0 Å². The molecular formula is C11H18N2S2. The van der Waals surface area contributed by atoms with Crippen molar-refractivity contribution in [1.29, 1.82) is 0 Å². The molecule has 0 fully saturated rings. The lowest BCUT2D eigenvalue weighted by Crippen LogP contribution is -2.17. The summed E-state index contributed by atoms with van der Waals surface area (Å²) in [6.07, 6.45) is 1.15. The second-order valence-electron chi connectivity index (χ2n) is 4.39. The average molecular weight is 242 g/mol. The molecule has 0 atom stereocenters. The number of nitrogens with zero attached hydrogens (tertiary/aromatic N) is 1. The van der Waals surface area contributed by atoms with Gasteiger partial charge in [0.1, 0.15) is 0 Å². The molecule has 4 heteroatoms. The molecule has 0 amide bonds. The molecule has 0 bridgehead atoms. The molecule has 1 aromatic rings. The Labute approximate surface area is 102 Å². The van der Waals surface area contributed by atoms with Gasteiger partial charge in [0.2, 0.25) is 0 Å². The molecular weight excluding hydrogens is 224 g/mol. The van der Waals surface area contributed by atoms with Crippen LogP contribution < -0.4 is 10.2 Å². The summed E-state index contributed by atoms with van der Waals surface area (Å²) >= 11 is 10.4. The summed E-state index contributed by atoms with van der Waals surface area (Å²) in [6, 6.07) is 0. The molecule has 15 heavy (non-hydrogen) atoms. The van der Waals surface area contributed by atoms with Gasteiger partial charge in [-0.05, 0) is 12.3 Å². The fourth-order valence-corrected chi connectivity index (χ4v) is 2.11. The monoisotopic (exact) mass is 242 g/mol. The van der Waals surface area contributed by atoms with Crippen molar-refractivity contribution in [2.24, 2.45) is 5.92 Å². The summed E-state index contributed by atoms with van der Waals surface area (Å²) in [6.45, 7) is 5.40. The first-order valence-corrected chi connectivity index (χ1v) is 6.01. The minimum absolute atomic E-state index is 0.710.